The molecule has 0 amide bonds. The maximum absolute atomic E-state index is 3.54. The van der Waals surface area contributed by atoms with Crippen LogP contribution in [0.25, 0.3) is 11.1 Å². The second kappa shape index (κ2) is 19.1. The lowest BCUT2D eigenvalue weighted by molar-refractivity contribution is -0.519. The Bertz CT molecular complexity index is 1580. The molecule has 0 saturated heterocycles. The van der Waals surface area contributed by atoms with E-state index in [0.29, 0.717) is 12.1 Å². The van der Waals surface area contributed by atoms with Crippen molar-refractivity contribution in [2.24, 2.45) is 0 Å². The Morgan fingerprint density at radius 3 is 1.53 bits per heavy atom. The fourth-order valence-electron chi connectivity index (χ4n) is 6.59. The number of hydrogen-bond acceptors (Lipinski definition) is 3. The third kappa shape index (κ3) is 9.90. The van der Waals surface area contributed by atoms with Crippen LogP contribution >= 0.6 is 0 Å². The molecule has 0 radical (unpaired) electrons. The minimum Gasteiger partial charge on any atom is -0.372 e. The molecule has 258 valence electrons. The monoisotopic (exact) mass is 655 g/mol. The van der Waals surface area contributed by atoms with Crippen molar-refractivity contribution >= 4 is 22.5 Å². The predicted molar refractivity (Wildman–Crippen MR) is 215 cm³/mol. The maximum Gasteiger partial charge on any atom is 0.199 e. The minimum absolute atomic E-state index is 0.316. The van der Waals surface area contributed by atoms with E-state index in [0.717, 1.165) is 39.3 Å². The molecule has 0 aliphatic heterocycles. The van der Waals surface area contributed by atoms with Gasteiger partial charge in [-0.3, -0.25) is 0 Å². The summed E-state index contributed by atoms with van der Waals surface area (Å²) in [6, 6.07) is 27.8. The smallest absolute Gasteiger partial charge is 0.199 e. The van der Waals surface area contributed by atoms with Gasteiger partial charge < -0.3 is 15.5 Å². The third-order valence-electron chi connectivity index (χ3n) is 9.60. The van der Waals surface area contributed by atoms with E-state index in [4.69, 9.17) is 0 Å². The first-order valence-electron chi connectivity index (χ1n) is 18.5. The van der Waals surface area contributed by atoms with Crippen LogP contribution in [-0.2, 0) is 0 Å². The maximum atomic E-state index is 3.54. The second-order valence-electron chi connectivity index (χ2n) is 12.6. The van der Waals surface area contributed by atoms with Crippen LogP contribution in [0.4, 0.5) is 5.69 Å². The van der Waals surface area contributed by atoms with Gasteiger partial charge in [-0.05, 0) is 123 Å². The van der Waals surface area contributed by atoms with Crippen molar-refractivity contribution in [2.75, 3.05) is 44.2 Å². The van der Waals surface area contributed by atoms with Crippen molar-refractivity contribution in [3.05, 3.63) is 149 Å². The lowest BCUT2D eigenvalue weighted by Gasteiger charge is -2.21. The van der Waals surface area contributed by atoms with Crippen molar-refractivity contribution < 1.29 is 4.58 Å². The quantitative estimate of drug-likeness (QED) is 0.119. The molecule has 0 fully saturated rings. The molecule has 3 aromatic rings. The van der Waals surface area contributed by atoms with Crippen LogP contribution in [0.2, 0.25) is 0 Å². The zero-order valence-corrected chi connectivity index (χ0v) is 31.3. The first kappa shape index (κ1) is 37.6. The van der Waals surface area contributed by atoms with E-state index in [2.05, 4.69) is 191 Å². The first-order chi connectivity index (χ1) is 23.9. The van der Waals surface area contributed by atoms with Gasteiger partial charge in [0.1, 0.15) is 13.1 Å². The molecule has 49 heavy (non-hydrogen) atoms. The van der Waals surface area contributed by atoms with Crippen molar-refractivity contribution in [3.63, 3.8) is 0 Å². The van der Waals surface area contributed by atoms with E-state index in [1.807, 2.05) is 0 Å². The average Bonchev–Trinajstić information content (AvgIpc) is 3.14. The van der Waals surface area contributed by atoms with Gasteiger partial charge in [-0.1, -0.05) is 92.7 Å². The summed E-state index contributed by atoms with van der Waals surface area (Å²) < 4.78 is 2.39. The molecule has 0 heterocycles. The Morgan fingerprint density at radius 1 is 0.633 bits per heavy atom. The van der Waals surface area contributed by atoms with Crippen molar-refractivity contribution in [1.29, 1.82) is 0 Å². The Labute approximate surface area is 297 Å². The van der Waals surface area contributed by atoms with Gasteiger partial charge in [0.15, 0.2) is 5.71 Å². The van der Waals surface area contributed by atoms with E-state index < -0.39 is 0 Å². The topological polar surface area (TPSA) is 30.3 Å². The number of rotatable bonds is 16. The lowest BCUT2D eigenvalue weighted by atomic mass is 9.93. The molecule has 0 saturated carbocycles. The summed E-state index contributed by atoms with van der Waals surface area (Å²) >= 11 is 0. The van der Waals surface area contributed by atoms with Crippen LogP contribution in [-0.4, -0.2) is 49.6 Å². The highest BCUT2D eigenvalue weighted by atomic mass is 15.1. The van der Waals surface area contributed by atoms with Gasteiger partial charge in [0.05, 0.1) is 0 Å². The Hall–Kier alpha value is -4.25. The molecule has 1 aliphatic rings. The molecule has 2 atom stereocenters. The fourth-order valence-corrected chi connectivity index (χ4v) is 6.59. The third-order valence-corrected chi connectivity index (χ3v) is 9.60. The molecule has 4 rings (SSSR count). The minimum atomic E-state index is 0.316. The SMILES string of the molecule is CCNC(C)c1ccc(C(=CC=CC(=C2C=CC(=[N+](CC)CC)C=C2)c2ccc(N(CC)CC)cc2)c2ccc(C(C)NCC)cc2)cc1. The summed E-state index contributed by atoms with van der Waals surface area (Å²) in [6.45, 7) is 23.5. The largest absolute Gasteiger partial charge is 0.372 e. The van der Waals surface area contributed by atoms with Crippen LogP contribution in [0, 0.1) is 0 Å². The number of anilines is 1. The van der Waals surface area contributed by atoms with E-state index in [-0.39, 0.29) is 0 Å². The summed E-state index contributed by atoms with van der Waals surface area (Å²) in [7, 11) is 0. The van der Waals surface area contributed by atoms with Crippen LogP contribution in [0.15, 0.2) is 121 Å². The van der Waals surface area contributed by atoms with Gasteiger partial charge in [-0.15, -0.1) is 0 Å². The Morgan fingerprint density at radius 2 is 1.10 bits per heavy atom. The highest BCUT2D eigenvalue weighted by Crippen LogP contribution is 2.29. The Balaban J connectivity index is 1.80. The van der Waals surface area contributed by atoms with Gasteiger partial charge in [0, 0.05) is 43.0 Å². The van der Waals surface area contributed by atoms with E-state index in [9.17, 15) is 0 Å². The predicted octanol–water partition coefficient (Wildman–Crippen LogP) is 9.93. The molecular formula is C45H59N4+. The lowest BCUT2D eigenvalue weighted by Crippen LogP contribution is -2.21. The molecular weight excluding hydrogens is 597 g/mol. The van der Waals surface area contributed by atoms with E-state index in [1.54, 1.807) is 0 Å². The summed E-state index contributed by atoms with van der Waals surface area (Å²) in [4.78, 5) is 2.39. The number of nitrogens with zero attached hydrogens (tertiary/aromatic N) is 2. The van der Waals surface area contributed by atoms with Gasteiger partial charge >= 0.3 is 0 Å². The zero-order chi connectivity index (χ0) is 35.2. The number of allylic oxidation sites excluding steroid dienone is 9. The molecule has 0 spiro atoms. The van der Waals surface area contributed by atoms with E-state index >= 15 is 0 Å². The van der Waals surface area contributed by atoms with Crippen LogP contribution in [0.3, 0.4) is 0 Å². The summed E-state index contributed by atoms with van der Waals surface area (Å²) in [5.74, 6) is 0. The van der Waals surface area contributed by atoms with Crippen LogP contribution < -0.4 is 15.5 Å². The molecule has 3 aromatic carbocycles. The van der Waals surface area contributed by atoms with Crippen molar-refractivity contribution in [3.8, 4) is 0 Å². The van der Waals surface area contributed by atoms with Crippen molar-refractivity contribution in [2.45, 2.75) is 67.5 Å². The average molecular weight is 656 g/mol. The van der Waals surface area contributed by atoms with Crippen LogP contribution in [0.1, 0.15) is 95.3 Å². The number of nitrogens with one attached hydrogen (secondary N) is 2. The Kier molecular flexibility index (Phi) is 14.6. The molecule has 2 unspecified atom stereocenters. The number of hydrogen-bond donors (Lipinski definition) is 2. The first-order valence-corrected chi connectivity index (χ1v) is 18.5. The number of benzene rings is 3. The van der Waals surface area contributed by atoms with Crippen molar-refractivity contribution in [1.82, 2.24) is 10.6 Å². The molecule has 0 aromatic heterocycles. The molecule has 4 nitrogen and oxygen atoms in total. The highest BCUT2D eigenvalue weighted by molar-refractivity contribution is 6.03. The summed E-state index contributed by atoms with van der Waals surface area (Å²) in [5, 5.41) is 7.08. The van der Waals surface area contributed by atoms with Gasteiger partial charge in [-0.25, -0.2) is 4.58 Å². The zero-order valence-electron chi connectivity index (χ0n) is 31.3. The van der Waals surface area contributed by atoms with E-state index in [1.165, 1.54) is 55.9 Å². The molecule has 4 heteroatoms. The van der Waals surface area contributed by atoms with Gasteiger partial charge in [0.25, 0.3) is 0 Å². The highest BCUT2D eigenvalue weighted by Gasteiger charge is 2.13. The van der Waals surface area contributed by atoms with Gasteiger partial charge in [0.2, 0.25) is 0 Å². The van der Waals surface area contributed by atoms with Crippen LogP contribution in [0.5, 0.6) is 0 Å². The molecule has 2 N–H and O–H groups in total. The fraction of sp³-hybridized carbons (Fsp3) is 0.356. The molecule has 0 bridgehead atoms. The second-order valence-corrected chi connectivity index (χ2v) is 12.6. The summed E-state index contributed by atoms with van der Waals surface area (Å²) in [5.41, 5.74) is 12.4. The molecule has 1 aliphatic carbocycles. The standard InChI is InChI=1S/C45H59N4/c1-9-46-34(7)36-18-22-38(23-19-36)44(39-24-20-37(21-25-39)35(8)47-10-2)16-15-17-45(40-26-30-42(31-27-40)48(11-3)12-4)41-28-32-43(33-29-41)49(13-5)14-6/h15-35,46-47H,9-14H2,1-8H3/q+1. The normalized spacial score (nSPS) is 13.9. The summed E-state index contributed by atoms with van der Waals surface area (Å²) in [6.07, 6.45) is 15.8. The van der Waals surface area contributed by atoms with Gasteiger partial charge in [-0.2, -0.15) is 0 Å².